The fraction of sp³-hybridized carbons (Fsp3) is 0.500. The number of pyridine rings is 1. The molecule has 4 N–H and O–H groups in total. The van der Waals surface area contributed by atoms with Crippen molar-refractivity contribution in [2.75, 3.05) is 50.2 Å². The van der Waals surface area contributed by atoms with Crippen LogP contribution in [0.2, 0.25) is 0 Å². The summed E-state index contributed by atoms with van der Waals surface area (Å²) in [6, 6.07) is 8.14. The number of aryl methyl sites for hydroxylation is 2. The van der Waals surface area contributed by atoms with Crippen LogP contribution in [-0.4, -0.2) is 92.0 Å². The Morgan fingerprint density at radius 1 is 1.00 bits per heavy atom. The molecular formula is C44H52F2N10O8. The SMILES string of the molecule is Cn1c(=O)n(C2CCC(=O)NC2=O)c2cccc(CCCOCCOCCNC(=O)C3CCC(n4cc(NC(=O)c5coc(-c6ccnc(NCC7CC7)c6)n5)c(C(F)F)n4)CC3)c21. The normalized spacial score (nSPS) is 19.0. The van der Waals surface area contributed by atoms with Crippen LogP contribution in [0, 0.1) is 11.8 Å². The Hall–Kier alpha value is -6.28. The van der Waals surface area contributed by atoms with E-state index in [4.69, 9.17) is 13.9 Å². The van der Waals surface area contributed by atoms with E-state index in [2.05, 4.69) is 36.3 Å². The van der Waals surface area contributed by atoms with Gasteiger partial charge < -0.3 is 29.8 Å². The number of hydrogen-bond donors (Lipinski definition) is 4. The van der Waals surface area contributed by atoms with Gasteiger partial charge in [0.25, 0.3) is 12.3 Å². The van der Waals surface area contributed by atoms with Crippen LogP contribution in [0.25, 0.3) is 22.5 Å². The first-order chi connectivity index (χ1) is 31.0. The van der Waals surface area contributed by atoms with E-state index in [1.165, 1.54) is 34.6 Å². The molecule has 1 saturated heterocycles. The summed E-state index contributed by atoms with van der Waals surface area (Å²) >= 11 is 0. The van der Waals surface area contributed by atoms with E-state index in [0.29, 0.717) is 94.3 Å². The monoisotopic (exact) mass is 886 g/mol. The molecule has 1 unspecified atom stereocenters. The zero-order valence-electron chi connectivity index (χ0n) is 35.5. The molecular weight excluding hydrogens is 835 g/mol. The number of rotatable bonds is 20. The molecule has 5 heterocycles. The van der Waals surface area contributed by atoms with E-state index in [1.807, 2.05) is 18.2 Å². The van der Waals surface area contributed by atoms with Crippen LogP contribution in [-0.2, 0) is 37.3 Å². The minimum Gasteiger partial charge on any atom is -0.444 e. The van der Waals surface area contributed by atoms with Gasteiger partial charge >= 0.3 is 5.69 Å². The first kappa shape index (κ1) is 44.3. The molecule has 20 heteroatoms. The summed E-state index contributed by atoms with van der Waals surface area (Å²) in [5, 5.41) is 15.2. The standard InChI is InChI=1S/C44H52F2N10O8/c1-54-38-27(4-2-6-33(38)56(44(54)61)34-13-14-36(57)52-42(34)60)5-3-18-62-20-21-63-19-17-48-40(58)28-9-11-30(12-10-28)55-24-31(37(53-55)39(45)46)50-41(59)32-25-64-43(51-32)29-15-16-47-35(22-29)49-23-26-7-8-26/h2,4,6,15-16,22,24-26,28,30,34,39H,3,5,7-14,17-21,23H2,1H3,(H,47,49)(H,48,58)(H,50,59)(H,52,57,60). The number of anilines is 2. The number of oxazole rings is 1. The summed E-state index contributed by atoms with van der Waals surface area (Å²) in [5.41, 5.74) is 1.92. The van der Waals surface area contributed by atoms with Crippen molar-refractivity contribution in [1.82, 2.24) is 39.5 Å². The number of hydrogen-bond acceptors (Lipinski definition) is 12. The number of imide groups is 1. The number of carbonyl (C=O) groups excluding carboxylic acids is 4. The number of fused-ring (bicyclic) bond motifs is 1. The van der Waals surface area contributed by atoms with Crippen LogP contribution < -0.4 is 27.0 Å². The molecule has 0 spiro atoms. The van der Waals surface area contributed by atoms with Gasteiger partial charge in [0.2, 0.25) is 23.6 Å². The van der Waals surface area contributed by atoms with Crippen LogP contribution in [0.15, 0.2) is 58.2 Å². The van der Waals surface area contributed by atoms with Gasteiger partial charge in [-0.05, 0) is 87.5 Å². The molecule has 18 nitrogen and oxygen atoms in total. The van der Waals surface area contributed by atoms with Crippen molar-refractivity contribution in [2.45, 2.75) is 82.7 Å². The molecule has 0 radical (unpaired) electrons. The number of nitrogens with zero attached hydrogens (tertiary/aromatic N) is 6. The molecule has 4 amide bonds. The highest BCUT2D eigenvalue weighted by molar-refractivity contribution is 6.03. The number of halogens is 2. The zero-order chi connectivity index (χ0) is 44.7. The molecule has 2 saturated carbocycles. The maximum absolute atomic E-state index is 14.1. The number of benzene rings is 1. The summed E-state index contributed by atoms with van der Waals surface area (Å²) in [6.45, 7) is 2.64. The van der Waals surface area contributed by atoms with E-state index in [9.17, 15) is 32.8 Å². The Morgan fingerprint density at radius 3 is 2.56 bits per heavy atom. The molecule has 3 fully saturated rings. The minimum absolute atomic E-state index is 0.0748. The number of piperidine rings is 1. The van der Waals surface area contributed by atoms with Crippen LogP contribution in [0.4, 0.5) is 20.3 Å². The summed E-state index contributed by atoms with van der Waals surface area (Å²) in [5.74, 6) is -0.333. The van der Waals surface area contributed by atoms with Gasteiger partial charge in [0.05, 0.1) is 42.6 Å². The van der Waals surface area contributed by atoms with E-state index < -0.39 is 30.0 Å². The number of amides is 4. The first-order valence-electron chi connectivity index (χ1n) is 21.8. The lowest BCUT2D eigenvalue weighted by molar-refractivity contribution is -0.135. The molecule has 64 heavy (non-hydrogen) atoms. The lowest BCUT2D eigenvalue weighted by Crippen LogP contribution is -2.44. The number of ether oxygens (including phenoxy) is 2. The highest BCUT2D eigenvalue weighted by Gasteiger charge is 2.32. The van der Waals surface area contributed by atoms with Gasteiger partial charge in [-0.1, -0.05) is 12.1 Å². The van der Waals surface area contributed by atoms with Crippen LogP contribution in [0.5, 0.6) is 0 Å². The Bertz CT molecular complexity index is 2540. The number of para-hydroxylation sites is 1. The summed E-state index contributed by atoms with van der Waals surface area (Å²) < 4.78 is 49.6. The van der Waals surface area contributed by atoms with E-state index in [1.54, 1.807) is 29.9 Å². The molecule has 3 aliphatic rings. The Balaban J connectivity index is 0.721. The molecule has 340 valence electrons. The average Bonchev–Trinajstić information content (AvgIpc) is 3.70. The van der Waals surface area contributed by atoms with Crippen LogP contribution in [0.3, 0.4) is 0 Å². The molecule has 2 aliphatic carbocycles. The fourth-order valence-electron chi connectivity index (χ4n) is 8.41. The molecule has 4 aromatic heterocycles. The predicted molar refractivity (Wildman–Crippen MR) is 229 cm³/mol. The van der Waals surface area contributed by atoms with Gasteiger partial charge in [-0.25, -0.2) is 23.5 Å². The lowest BCUT2D eigenvalue weighted by Gasteiger charge is -2.28. The Morgan fingerprint density at radius 2 is 1.80 bits per heavy atom. The Kier molecular flexibility index (Phi) is 13.9. The van der Waals surface area contributed by atoms with Crippen molar-refractivity contribution in [2.24, 2.45) is 18.9 Å². The van der Waals surface area contributed by atoms with Crippen molar-refractivity contribution in [1.29, 1.82) is 0 Å². The first-order valence-corrected chi connectivity index (χ1v) is 21.8. The number of carbonyl (C=O) groups is 4. The second-order valence-electron chi connectivity index (χ2n) is 16.5. The number of imidazole rings is 1. The smallest absolute Gasteiger partial charge is 0.329 e. The van der Waals surface area contributed by atoms with Gasteiger partial charge in [0, 0.05) is 57.0 Å². The van der Waals surface area contributed by atoms with E-state index in [0.717, 1.165) is 17.6 Å². The van der Waals surface area contributed by atoms with Crippen molar-refractivity contribution >= 4 is 46.2 Å². The molecule has 0 bridgehead atoms. The summed E-state index contributed by atoms with van der Waals surface area (Å²) in [4.78, 5) is 72.0. The lowest BCUT2D eigenvalue weighted by atomic mass is 9.85. The highest BCUT2D eigenvalue weighted by Crippen LogP contribution is 2.35. The number of alkyl halides is 2. The summed E-state index contributed by atoms with van der Waals surface area (Å²) in [7, 11) is 1.68. The molecule has 1 aliphatic heterocycles. The molecule has 1 atom stereocenters. The Labute approximate surface area is 366 Å². The van der Waals surface area contributed by atoms with Crippen LogP contribution >= 0.6 is 0 Å². The van der Waals surface area contributed by atoms with Gasteiger partial charge in [0.1, 0.15) is 18.1 Å². The topological polar surface area (TPSA) is 219 Å². The number of nitrogens with one attached hydrogen (secondary N) is 4. The van der Waals surface area contributed by atoms with Gasteiger partial charge in [-0.15, -0.1) is 0 Å². The van der Waals surface area contributed by atoms with Crippen molar-refractivity contribution in [3.05, 3.63) is 76.4 Å². The highest BCUT2D eigenvalue weighted by atomic mass is 19.3. The van der Waals surface area contributed by atoms with Crippen LogP contribution in [0.1, 0.15) is 98.0 Å². The molecule has 5 aromatic rings. The van der Waals surface area contributed by atoms with E-state index in [-0.39, 0.29) is 59.6 Å². The third-order valence-electron chi connectivity index (χ3n) is 12.0. The van der Waals surface area contributed by atoms with E-state index >= 15 is 0 Å². The summed E-state index contributed by atoms with van der Waals surface area (Å²) in [6.07, 6.45) is 7.63. The van der Waals surface area contributed by atoms with Crippen molar-refractivity contribution in [3.63, 3.8) is 0 Å². The molecule has 1 aromatic carbocycles. The average molecular weight is 887 g/mol. The second-order valence-corrected chi connectivity index (χ2v) is 16.5. The van der Waals surface area contributed by atoms with Crippen molar-refractivity contribution < 1.29 is 41.8 Å². The van der Waals surface area contributed by atoms with Gasteiger partial charge in [-0.2, -0.15) is 5.10 Å². The second kappa shape index (κ2) is 20.0. The van der Waals surface area contributed by atoms with Gasteiger partial charge in [-0.3, -0.25) is 38.3 Å². The minimum atomic E-state index is -2.93. The van der Waals surface area contributed by atoms with Gasteiger partial charge in [0.15, 0.2) is 11.4 Å². The molecule has 8 rings (SSSR count). The quantitative estimate of drug-likeness (QED) is 0.0594. The largest absolute Gasteiger partial charge is 0.444 e. The third-order valence-corrected chi connectivity index (χ3v) is 12.0. The maximum Gasteiger partial charge on any atom is 0.329 e. The van der Waals surface area contributed by atoms with Crippen molar-refractivity contribution in [3.8, 4) is 11.5 Å². The fourth-order valence-corrected chi connectivity index (χ4v) is 8.41. The zero-order valence-corrected chi connectivity index (χ0v) is 35.5. The predicted octanol–water partition coefficient (Wildman–Crippen LogP) is 5.09. The third kappa shape index (κ3) is 10.4. The maximum atomic E-state index is 14.1. The number of aromatic nitrogens is 6.